The Morgan fingerprint density at radius 2 is 1.53 bits per heavy atom. The van der Waals surface area contributed by atoms with Crippen molar-refractivity contribution in [1.29, 1.82) is 0 Å². The van der Waals surface area contributed by atoms with Crippen LogP contribution in [0.1, 0.15) is 28.1 Å². The lowest BCUT2D eigenvalue weighted by atomic mass is 9.95. The minimum Gasteiger partial charge on any atom is -0.493 e. The zero-order chi connectivity index (χ0) is 12.7. The third-order valence-corrected chi connectivity index (χ3v) is 3.71. The monoisotopic (exact) mass is 250 g/mol. The molecular weight excluding hydrogens is 236 g/mol. The first-order valence-electron chi connectivity index (χ1n) is 5.49. The average molecular weight is 251 g/mol. The lowest BCUT2D eigenvalue weighted by Gasteiger charge is -2.14. The van der Waals surface area contributed by atoms with Crippen LogP contribution in [0.3, 0.4) is 0 Å². The van der Waals surface area contributed by atoms with Crippen molar-refractivity contribution in [1.82, 2.24) is 9.97 Å². The SMILES string of the molecule is Cc1c(C)c(C)c2c(O)nc(CCl)nc2c1C. The lowest BCUT2D eigenvalue weighted by Crippen LogP contribution is -2.00. The molecule has 17 heavy (non-hydrogen) atoms. The normalized spacial score (nSPS) is 11.1. The molecule has 0 unspecified atom stereocenters. The number of aryl methyl sites for hydroxylation is 2. The number of nitrogens with zero attached hydrogens (tertiary/aromatic N) is 2. The molecule has 0 fully saturated rings. The predicted molar refractivity (Wildman–Crippen MR) is 69.7 cm³/mol. The van der Waals surface area contributed by atoms with Crippen molar-refractivity contribution in [2.24, 2.45) is 0 Å². The van der Waals surface area contributed by atoms with E-state index in [0.717, 1.165) is 22.0 Å². The summed E-state index contributed by atoms with van der Waals surface area (Å²) in [4.78, 5) is 8.42. The quantitative estimate of drug-likeness (QED) is 0.790. The Morgan fingerprint density at radius 3 is 2.12 bits per heavy atom. The molecular formula is C13H15ClN2O. The van der Waals surface area contributed by atoms with E-state index < -0.39 is 0 Å². The third-order valence-electron chi connectivity index (χ3n) is 3.47. The standard InChI is InChI=1S/C13H15ClN2O/c1-6-7(2)9(4)12-11(8(6)3)13(17)16-10(5-14)15-12/h5H2,1-4H3,(H,15,16,17). The van der Waals surface area contributed by atoms with Crippen molar-refractivity contribution in [3.8, 4) is 5.88 Å². The number of fused-ring (bicyclic) bond motifs is 1. The fourth-order valence-corrected chi connectivity index (χ4v) is 2.22. The van der Waals surface area contributed by atoms with E-state index in [1.165, 1.54) is 11.1 Å². The average Bonchev–Trinajstić information content (AvgIpc) is 2.32. The van der Waals surface area contributed by atoms with E-state index in [-0.39, 0.29) is 11.8 Å². The van der Waals surface area contributed by atoms with Gasteiger partial charge in [0, 0.05) is 0 Å². The second-order valence-electron chi connectivity index (χ2n) is 4.32. The summed E-state index contributed by atoms with van der Waals surface area (Å²) in [6, 6.07) is 0. The van der Waals surface area contributed by atoms with Gasteiger partial charge in [0.25, 0.3) is 0 Å². The zero-order valence-electron chi connectivity index (χ0n) is 10.4. The first kappa shape index (κ1) is 12.1. The van der Waals surface area contributed by atoms with Crippen molar-refractivity contribution >= 4 is 22.5 Å². The molecule has 0 aliphatic heterocycles. The van der Waals surface area contributed by atoms with Gasteiger partial charge in [0.2, 0.25) is 5.88 Å². The van der Waals surface area contributed by atoms with E-state index in [0.29, 0.717) is 5.82 Å². The molecule has 0 aliphatic rings. The van der Waals surface area contributed by atoms with Crippen LogP contribution < -0.4 is 0 Å². The fraction of sp³-hybridized carbons (Fsp3) is 0.385. The van der Waals surface area contributed by atoms with E-state index in [9.17, 15) is 5.11 Å². The molecule has 90 valence electrons. The van der Waals surface area contributed by atoms with Gasteiger partial charge in [-0.3, -0.25) is 0 Å². The molecule has 4 heteroatoms. The highest BCUT2D eigenvalue weighted by Crippen LogP contribution is 2.32. The lowest BCUT2D eigenvalue weighted by molar-refractivity contribution is 0.457. The van der Waals surface area contributed by atoms with Crippen LogP contribution in [0, 0.1) is 27.7 Å². The molecule has 3 nitrogen and oxygen atoms in total. The molecule has 0 aliphatic carbocycles. The van der Waals surface area contributed by atoms with Crippen LogP contribution in [0.5, 0.6) is 5.88 Å². The molecule has 0 saturated heterocycles. The molecule has 1 aromatic heterocycles. The Morgan fingerprint density at radius 1 is 0.941 bits per heavy atom. The van der Waals surface area contributed by atoms with Crippen LogP contribution in [0.25, 0.3) is 10.9 Å². The van der Waals surface area contributed by atoms with Gasteiger partial charge in [0.05, 0.1) is 16.8 Å². The number of hydrogen-bond acceptors (Lipinski definition) is 3. The van der Waals surface area contributed by atoms with Crippen LogP contribution in [0.2, 0.25) is 0 Å². The topological polar surface area (TPSA) is 46.0 Å². The second-order valence-corrected chi connectivity index (χ2v) is 4.59. The van der Waals surface area contributed by atoms with E-state index in [4.69, 9.17) is 11.6 Å². The van der Waals surface area contributed by atoms with E-state index in [1.807, 2.05) is 20.8 Å². The van der Waals surface area contributed by atoms with E-state index in [2.05, 4.69) is 16.9 Å². The highest BCUT2D eigenvalue weighted by Gasteiger charge is 2.15. The van der Waals surface area contributed by atoms with Crippen LogP contribution in [-0.2, 0) is 5.88 Å². The maximum absolute atomic E-state index is 9.99. The molecule has 0 amide bonds. The van der Waals surface area contributed by atoms with Gasteiger partial charge in [-0.25, -0.2) is 4.98 Å². The van der Waals surface area contributed by atoms with Gasteiger partial charge < -0.3 is 5.11 Å². The number of aromatic hydroxyl groups is 1. The summed E-state index contributed by atoms with van der Waals surface area (Å²) < 4.78 is 0. The Bertz CT molecular complexity index is 608. The fourth-order valence-electron chi connectivity index (χ4n) is 2.10. The molecule has 2 rings (SSSR count). The number of halogens is 1. The van der Waals surface area contributed by atoms with Crippen LogP contribution in [0.15, 0.2) is 0 Å². The van der Waals surface area contributed by atoms with Gasteiger partial charge >= 0.3 is 0 Å². The number of aromatic nitrogens is 2. The molecule has 1 aromatic carbocycles. The first-order valence-corrected chi connectivity index (χ1v) is 6.02. The maximum Gasteiger partial charge on any atom is 0.222 e. The van der Waals surface area contributed by atoms with Crippen molar-refractivity contribution in [2.45, 2.75) is 33.6 Å². The molecule has 2 aromatic rings. The Labute approximate surface area is 105 Å². The molecule has 0 spiro atoms. The van der Waals surface area contributed by atoms with E-state index >= 15 is 0 Å². The number of hydrogen-bond donors (Lipinski definition) is 1. The summed E-state index contributed by atoms with van der Waals surface area (Å²) in [6.45, 7) is 8.10. The summed E-state index contributed by atoms with van der Waals surface area (Å²) in [5, 5.41) is 10.7. The van der Waals surface area contributed by atoms with Crippen LogP contribution >= 0.6 is 11.6 Å². The van der Waals surface area contributed by atoms with Gasteiger partial charge in [0.15, 0.2) is 0 Å². The van der Waals surface area contributed by atoms with Crippen LogP contribution in [0.4, 0.5) is 0 Å². The van der Waals surface area contributed by atoms with Crippen molar-refractivity contribution < 1.29 is 5.11 Å². The highest BCUT2D eigenvalue weighted by atomic mass is 35.5. The Hall–Kier alpha value is -1.35. The van der Waals surface area contributed by atoms with Crippen LogP contribution in [-0.4, -0.2) is 15.1 Å². The third kappa shape index (κ3) is 1.75. The molecule has 0 atom stereocenters. The maximum atomic E-state index is 9.99. The zero-order valence-corrected chi connectivity index (χ0v) is 11.2. The number of rotatable bonds is 1. The predicted octanol–water partition coefficient (Wildman–Crippen LogP) is 3.31. The highest BCUT2D eigenvalue weighted by molar-refractivity contribution is 6.16. The van der Waals surface area contributed by atoms with Gasteiger partial charge in [0.1, 0.15) is 5.82 Å². The smallest absolute Gasteiger partial charge is 0.222 e. The molecule has 1 heterocycles. The molecule has 0 bridgehead atoms. The molecule has 0 saturated carbocycles. The minimum absolute atomic E-state index is 0.0225. The van der Waals surface area contributed by atoms with Crippen molar-refractivity contribution in [3.05, 3.63) is 28.1 Å². The first-order chi connectivity index (χ1) is 7.97. The van der Waals surface area contributed by atoms with Gasteiger partial charge in [-0.15, -0.1) is 11.6 Å². The number of benzene rings is 1. The summed E-state index contributed by atoms with van der Waals surface area (Å²) in [5.41, 5.74) is 5.28. The van der Waals surface area contributed by atoms with Gasteiger partial charge in [-0.05, 0) is 49.9 Å². The van der Waals surface area contributed by atoms with E-state index in [1.54, 1.807) is 0 Å². The Balaban J connectivity index is 3.00. The summed E-state index contributed by atoms with van der Waals surface area (Å²) in [6.07, 6.45) is 0. The number of alkyl halides is 1. The van der Waals surface area contributed by atoms with Crippen molar-refractivity contribution in [3.63, 3.8) is 0 Å². The van der Waals surface area contributed by atoms with Gasteiger partial charge in [-0.1, -0.05) is 0 Å². The Kier molecular flexibility index (Phi) is 2.96. The largest absolute Gasteiger partial charge is 0.493 e. The molecule has 1 N–H and O–H groups in total. The molecule has 0 radical (unpaired) electrons. The summed E-state index contributed by atoms with van der Waals surface area (Å²) >= 11 is 5.73. The minimum atomic E-state index is 0.0225. The van der Waals surface area contributed by atoms with Gasteiger partial charge in [-0.2, -0.15) is 4.98 Å². The summed E-state index contributed by atoms with van der Waals surface area (Å²) in [5.74, 6) is 0.686. The summed E-state index contributed by atoms with van der Waals surface area (Å²) in [7, 11) is 0. The second kappa shape index (κ2) is 4.15. The van der Waals surface area contributed by atoms with Crippen molar-refractivity contribution in [2.75, 3.05) is 0 Å².